The van der Waals surface area contributed by atoms with Crippen molar-refractivity contribution in [2.24, 2.45) is 0 Å². The Morgan fingerprint density at radius 3 is 2.50 bits per heavy atom. The molecule has 0 radical (unpaired) electrons. The highest BCUT2D eigenvalue weighted by molar-refractivity contribution is 5.33. The van der Waals surface area contributed by atoms with Crippen LogP contribution in [0.4, 0.5) is 0 Å². The first-order valence-corrected chi connectivity index (χ1v) is 6.70. The summed E-state index contributed by atoms with van der Waals surface area (Å²) in [5.41, 5.74) is 0.630. The van der Waals surface area contributed by atoms with Gasteiger partial charge in [-0.15, -0.1) is 0 Å². The molecule has 0 saturated carbocycles. The molecule has 3 nitrogen and oxygen atoms in total. The van der Waals surface area contributed by atoms with E-state index in [4.69, 9.17) is 4.74 Å². The zero-order valence-electron chi connectivity index (χ0n) is 11.7. The van der Waals surface area contributed by atoms with E-state index in [-0.39, 0.29) is 0 Å². The van der Waals surface area contributed by atoms with Crippen LogP contribution in [0.1, 0.15) is 32.3 Å². The third-order valence-electron chi connectivity index (χ3n) is 3.53. The quantitative estimate of drug-likeness (QED) is 0.697. The van der Waals surface area contributed by atoms with Crippen molar-refractivity contribution in [3.63, 3.8) is 0 Å². The summed E-state index contributed by atoms with van der Waals surface area (Å²) in [6.45, 7) is 5.54. The topological polar surface area (TPSA) is 41.5 Å². The summed E-state index contributed by atoms with van der Waals surface area (Å²) in [6, 6.07) is 8.05. The zero-order valence-corrected chi connectivity index (χ0v) is 11.7. The molecule has 0 atom stereocenters. The van der Waals surface area contributed by atoms with E-state index in [1.165, 1.54) is 5.56 Å². The van der Waals surface area contributed by atoms with Gasteiger partial charge in [-0.05, 0) is 37.4 Å². The van der Waals surface area contributed by atoms with Gasteiger partial charge in [-0.3, -0.25) is 0 Å². The molecule has 0 heterocycles. The number of nitrogens with one attached hydrogen (secondary N) is 1. The van der Waals surface area contributed by atoms with E-state index in [0.717, 1.165) is 31.6 Å². The highest BCUT2D eigenvalue weighted by Crippen LogP contribution is 2.17. The second-order valence-electron chi connectivity index (χ2n) is 4.67. The normalized spacial score (nSPS) is 11.6. The first-order valence-electron chi connectivity index (χ1n) is 6.70. The van der Waals surface area contributed by atoms with Gasteiger partial charge in [-0.1, -0.05) is 32.0 Å². The Kier molecular flexibility index (Phi) is 6.16. The first kappa shape index (κ1) is 15.0. The van der Waals surface area contributed by atoms with Crippen molar-refractivity contribution in [3.05, 3.63) is 29.8 Å². The lowest BCUT2D eigenvalue weighted by molar-refractivity contribution is 0.0328. The maximum absolute atomic E-state index is 10.1. The van der Waals surface area contributed by atoms with Crippen LogP contribution in [-0.4, -0.2) is 30.9 Å². The van der Waals surface area contributed by atoms with Crippen LogP contribution in [0.15, 0.2) is 24.3 Å². The monoisotopic (exact) mass is 251 g/mol. The maximum Gasteiger partial charge on any atom is 0.122 e. The van der Waals surface area contributed by atoms with Crippen LogP contribution in [-0.2, 0) is 6.42 Å². The molecule has 0 saturated heterocycles. The molecular weight excluding hydrogens is 226 g/mol. The molecule has 0 aromatic heterocycles. The third kappa shape index (κ3) is 4.31. The van der Waals surface area contributed by atoms with Crippen LogP contribution in [0.5, 0.6) is 5.75 Å². The number of rotatable bonds is 8. The number of benzene rings is 1. The minimum Gasteiger partial charge on any atom is -0.496 e. The van der Waals surface area contributed by atoms with Crippen LogP contribution < -0.4 is 10.1 Å². The number of aliphatic hydroxyl groups is 1. The van der Waals surface area contributed by atoms with Gasteiger partial charge >= 0.3 is 0 Å². The van der Waals surface area contributed by atoms with Crippen molar-refractivity contribution >= 4 is 0 Å². The van der Waals surface area contributed by atoms with E-state index in [1.807, 2.05) is 32.0 Å². The van der Waals surface area contributed by atoms with Crippen LogP contribution in [0.25, 0.3) is 0 Å². The number of hydrogen-bond acceptors (Lipinski definition) is 3. The van der Waals surface area contributed by atoms with E-state index in [0.29, 0.717) is 6.54 Å². The Labute approximate surface area is 110 Å². The lowest BCUT2D eigenvalue weighted by atomic mass is 9.97. The number of methoxy groups -OCH3 is 1. The maximum atomic E-state index is 10.1. The predicted molar refractivity (Wildman–Crippen MR) is 75.1 cm³/mol. The van der Waals surface area contributed by atoms with E-state index in [2.05, 4.69) is 11.4 Å². The summed E-state index contributed by atoms with van der Waals surface area (Å²) in [7, 11) is 1.69. The van der Waals surface area contributed by atoms with Crippen molar-refractivity contribution in [2.75, 3.05) is 20.2 Å². The molecule has 1 rings (SSSR count). The summed E-state index contributed by atoms with van der Waals surface area (Å²) in [5.74, 6) is 0.931. The minimum absolute atomic E-state index is 0.569. The fourth-order valence-corrected chi connectivity index (χ4v) is 1.95. The second-order valence-corrected chi connectivity index (χ2v) is 4.67. The average Bonchev–Trinajstić information content (AvgIpc) is 2.43. The summed E-state index contributed by atoms with van der Waals surface area (Å²) < 4.78 is 5.31. The van der Waals surface area contributed by atoms with E-state index in [1.54, 1.807) is 7.11 Å². The number of hydrogen-bond donors (Lipinski definition) is 2. The van der Waals surface area contributed by atoms with Crippen molar-refractivity contribution in [1.29, 1.82) is 0 Å². The second kappa shape index (κ2) is 7.39. The fraction of sp³-hybridized carbons (Fsp3) is 0.600. The van der Waals surface area contributed by atoms with E-state index < -0.39 is 5.60 Å². The smallest absolute Gasteiger partial charge is 0.122 e. The SMILES string of the molecule is CCC(O)(CC)CNCCc1ccccc1OC. The zero-order chi connectivity index (χ0) is 13.4. The van der Waals surface area contributed by atoms with Gasteiger partial charge in [0.1, 0.15) is 5.75 Å². The molecule has 1 aromatic carbocycles. The van der Waals surface area contributed by atoms with Crippen molar-refractivity contribution in [1.82, 2.24) is 5.32 Å². The molecule has 0 spiro atoms. The molecule has 0 aliphatic carbocycles. The molecule has 1 aromatic rings. The molecule has 0 amide bonds. The van der Waals surface area contributed by atoms with Gasteiger partial charge in [0, 0.05) is 6.54 Å². The van der Waals surface area contributed by atoms with Crippen LogP contribution in [0.3, 0.4) is 0 Å². The van der Waals surface area contributed by atoms with Gasteiger partial charge in [0.2, 0.25) is 0 Å². The Morgan fingerprint density at radius 2 is 1.89 bits per heavy atom. The Bertz CT molecular complexity index is 348. The van der Waals surface area contributed by atoms with E-state index in [9.17, 15) is 5.11 Å². The Morgan fingerprint density at radius 1 is 1.22 bits per heavy atom. The Balaban J connectivity index is 2.38. The van der Waals surface area contributed by atoms with Crippen LogP contribution in [0, 0.1) is 0 Å². The largest absolute Gasteiger partial charge is 0.496 e. The highest BCUT2D eigenvalue weighted by Gasteiger charge is 2.20. The van der Waals surface area contributed by atoms with Gasteiger partial charge < -0.3 is 15.2 Å². The van der Waals surface area contributed by atoms with Gasteiger partial charge in [0.15, 0.2) is 0 Å². The minimum atomic E-state index is -0.569. The van der Waals surface area contributed by atoms with Gasteiger partial charge in [-0.2, -0.15) is 0 Å². The summed E-state index contributed by atoms with van der Waals surface area (Å²) >= 11 is 0. The molecule has 0 bridgehead atoms. The van der Waals surface area contributed by atoms with Gasteiger partial charge in [0.25, 0.3) is 0 Å². The van der Waals surface area contributed by atoms with Crippen molar-refractivity contribution in [3.8, 4) is 5.75 Å². The van der Waals surface area contributed by atoms with Crippen LogP contribution in [0.2, 0.25) is 0 Å². The van der Waals surface area contributed by atoms with Gasteiger partial charge in [-0.25, -0.2) is 0 Å². The molecular formula is C15H25NO2. The number of ether oxygens (including phenoxy) is 1. The van der Waals surface area contributed by atoms with Crippen LogP contribution >= 0.6 is 0 Å². The molecule has 102 valence electrons. The number of para-hydroxylation sites is 1. The lowest BCUT2D eigenvalue weighted by Gasteiger charge is -2.25. The highest BCUT2D eigenvalue weighted by atomic mass is 16.5. The molecule has 0 aliphatic heterocycles. The summed E-state index contributed by atoms with van der Waals surface area (Å²) in [5, 5.41) is 13.5. The molecule has 0 unspecified atom stereocenters. The lowest BCUT2D eigenvalue weighted by Crippen LogP contribution is -2.40. The van der Waals surface area contributed by atoms with Gasteiger partial charge in [0.05, 0.1) is 12.7 Å². The average molecular weight is 251 g/mol. The predicted octanol–water partition coefficient (Wildman–Crippen LogP) is 2.38. The molecule has 2 N–H and O–H groups in total. The molecule has 0 fully saturated rings. The van der Waals surface area contributed by atoms with E-state index >= 15 is 0 Å². The Hall–Kier alpha value is -1.06. The van der Waals surface area contributed by atoms with Crippen molar-refractivity contribution in [2.45, 2.75) is 38.7 Å². The standard InChI is InChI=1S/C15H25NO2/c1-4-15(17,5-2)12-16-11-10-13-8-6-7-9-14(13)18-3/h6-9,16-17H,4-5,10-12H2,1-3H3. The first-order chi connectivity index (χ1) is 8.65. The molecule has 18 heavy (non-hydrogen) atoms. The fourth-order valence-electron chi connectivity index (χ4n) is 1.95. The third-order valence-corrected chi connectivity index (χ3v) is 3.53. The van der Waals surface area contributed by atoms with Crippen molar-refractivity contribution < 1.29 is 9.84 Å². The molecule has 3 heteroatoms. The summed E-state index contributed by atoms with van der Waals surface area (Å²) in [4.78, 5) is 0. The summed E-state index contributed by atoms with van der Waals surface area (Å²) in [6.07, 6.45) is 2.48. The molecule has 0 aliphatic rings.